The number of aromatic nitrogens is 4. The van der Waals surface area contributed by atoms with Crippen molar-refractivity contribution < 1.29 is 10.2 Å². The van der Waals surface area contributed by atoms with Gasteiger partial charge in [0.1, 0.15) is 5.52 Å². The van der Waals surface area contributed by atoms with Crippen LogP contribution in [-0.4, -0.2) is 42.9 Å². The van der Waals surface area contributed by atoms with Gasteiger partial charge in [0.25, 0.3) is 0 Å². The van der Waals surface area contributed by atoms with Gasteiger partial charge in [-0.15, -0.1) is 0 Å². The van der Waals surface area contributed by atoms with Crippen molar-refractivity contribution in [2.75, 3.05) is 18.9 Å². The molecule has 102 valence electrons. The maximum absolute atomic E-state index is 9.51. The summed E-state index contributed by atoms with van der Waals surface area (Å²) in [4.78, 5) is 12.1. The maximum Gasteiger partial charge on any atom is 0.223 e. The van der Waals surface area contributed by atoms with E-state index in [2.05, 4.69) is 15.0 Å². The highest BCUT2D eigenvalue weighted by Crippen LogP contribution is 2.53. The van der Waals surface area contributed by atoms with Gasteiger partial charge in [0.15, 0.2) is 10.8 Å². The van der Waals surface area contributed by atoms with Crippen LogP contribution in [0.1, 0.15) is 6.42 Å². The van der Waals surface area contributed by atoms with Gasteiger partial charge in [-0.3, -0.25) is 0 Å². The van der Waals surface area contributed by atoms with Crippen LogP contribution in [0.25, 0.3) is 11.2 Å². The molecule has 0 saturated heterocycles. The van der Waals surface area contributed by atoms with E-state index in [0.717, 1.165) is 6.42 Å². The van der Waals surface area contributed by atoms with E-state index in [4.69, 9.17) is 17.3 Å². The minimum absolute atomic E-state index is 0.0192. The molecule has 2 unspecified atom stereocenters. The van der Waals surface area contributed by atoms with Crippen molar-refractivity contribution in [3.05, 3.63) is 11.5 Å². The molecule has 2 atom stereocenters. The Morgan fingerprint density at radius 3 is 2.89 bits per heavy atom. The molecule has 0 radical (unpaired) electrons. The van der Waals surface area contributed by atoms with Crippen LogP contribution in [0.2, 0.25) is 5.15 Å². The summed E-state index contributed by atoms with van der Waals surface area (Å²) >= 11 is 6.07. The Balaban J connectivity index is 1.98. The molecule has 8 heteroatoms. The molecule has 19 heavy (non-hydrogen) atoms. The highest BCUT2D eigenvalue weighted by molar-refractivity contribution is 6.33. The summed E-state index contributed by atoms with van der Waals surface area (Å²) in [7, 11) is 0. The summed E-state index contributed by atoms with van der Waals surface area (Å²) in [5.74, 6) is 0.197. The quantitative estimate of drug-likeness (QED) is 0.684. The van der Waals surface area contributed by atoms with Gasteiger partial charge in [-0.2, -0.15) is 9.97 Å². The Morgan fingerprint density at radius 2 is 2.26 bits per heavy atom. The fraction of sp³-hybridized carbons (Fsp3) is 0.545. The summed E-state index contributed by atoms with van der Waals surface area (Å²) in [6.07, 6.45) is 2.39. The first-order valence-electron chi connectivity index (χ1n) is 5.95. The Kier molecular flexibility index (Phi) is 2.84. The van der Waals surface area contributed by atoms with E-state index < -0.39 is 0 Å². The van der Waals surface area contributed by atoms with Gasteiger partial charge < -0.3 is 20.5 Å². The lowest BCUT2D eigenvalue weighted by Crippen LogP contribution is -2.19. The van der Waals surface area contributed by atoms with Crippen LogP contribution in [0.15, 0.2) is 6.33 Å². The summed E-state index contributed by atoms with van der Waals surface area (Å²) in [6.45, 7) is 0.619. The third-order valence-electron chi connectivity index (χ3n) is 3.83. The van der Waals surface area contributed by atoms with Crippen LogP contribution in [0.4, 0.5) is 5.95 Å². The summed E-state index contributed by atoms with van der Waals surface area (Å²) in [5, 5.41) is 19.0. The average Bonchev–Trinajstić information content (AvgIpc) is 2.94. The SMILES string of the molecule is Nc1nc(Cl)c2c(ncn2CC2(CO)CC2CO)n1. The summed E-state index contributed by atoms with van der Waals surface area (Å²) in [6, 6.07) is 0. The van der Waals surface area contributed by atoms with Gasteiger partial charge in [-0.25, -0.2) is 4.98 Å². The minimum atomic E-state index is -0.299. The lowest BCUT2D eigenvalue weighted by Gasteiger charge is -2.15. The molecule has 0 amide bonds. The van der Waals surface area contributed by atoms with Crippen LogP contribution >= 0.6 is 11.6 Å². The fourth-order valence-corrected chi connectivity index (χ4v) is 2.82. The predicted molar refractivity (Wildman–Crippen MR) is 69.5 cm³/mol. The van der Waals surface area contributed by atoms with E-state index in [1.54, 1.807) is 6.33 Å². The zero-order chi connectivity index (χ0) is 13.6. The molecule has 1 aliphatic carbocycles. The lowest BCUT2D eigenvalue weighted by molar-refractivity contribution is 0.159. The maximum atomic E-state index is 9.51. The number of hydrogen-bond acceptors (Lipinski definition) is 6. The largest absolute Gasteiger partial charge is 0.396 e. The Morgan fingerprint density at radius 1 is 1.47 bits per heavy atom. The molecule has 2 aromatic rings. The first-order chi connectivity index (χ1) is 9.09. The van der Waals surface area contributed by atoms with Gasteiger partial charge in [-0.05, 0) is 12.3 Å². The van der Waals surface area contributed by atoms with E-state index in [-0.39, 0.29) is 35.6 Å². The van der Waals surface area contributed by atoms with Gasteiger partial charge in [0.2, 0.25) is 5.95 Å². The third-order valence-corrected chi connectivity index (χ3v) is 4.09. The molecule has 0 bridgehead atoms. The molecule has 1 fully saturated rings. The van der Waals surface area contributed by atoms with Gasteiger partial charge in [0, 0.05) is 18.6 Å². The number of aliphatic hydroxyl groups excluding tert-OH is 2. The monoisotopic (exact) mass is 283 g/mol. The van der Waals surface area contributed by atoms with Crippen LogP contribution in [-0.2, 0) is 6.54 Å². The molecular weight excluding hydrogens is 270 g/mol. The van der Waals surface area contributed by atoms with Crippen molar-refractivity contribution in [2.24, 2.45) is 11.3 Å². The molecule has 0 aliphatic heterocycles. The van der Waals surface area contributed by atoms with Crippen molar-refractivity contribution in [2.45, 2.75) is 13.0 Å². The Labute approximate surface area is 114 Å². The first-order valence-corrected chi connectivity index (χ1v) is 6.33. The van der Waals surface area contributed by atoms with Gasteiger partial charge in [0.05, 0.1) is 12.9 Å². The highest BCUT2D eigenvalue weighted by Gasteiger charge is 2.53. The summed E-state index contributed by atoms with van der Waals surface area (Å²) < 4.78 is 1.81. The van der Waals surface area contributed by atoms with Gasteiger partial charge in [-0.1, -0.05) is 11.6 Å². The van der Waals surface area contributed by atoms with Crippen LogP contribution in [0.5, 0.6) is 0 Å². The number of imidazole rings is 1. The predicted octanol–water partition coefficient (Wildman–Crippen LogP) is 0.0528. The minimum Gasteiger partial charge on any atom is -0.396 e. The van der Waals surface area contributed by atoms with E-state index in [1.807, 2.05) is 4.57 Å². The normalized spacial score (nSPS) is 25.9. The number of anilines is 1. The molecule has 7 nitrogen and oxygen atoms in total. The number of rotatable bonds is 4. The van der Waals surface area contributed by atoms with Crippen LogP contribution in [0, 0.1) is 11.3 Å². The van der Waals surface area contributed by atoms with E-state index in [9.17, 15) is 10.2 Å². The smallest absolute Gasteiger partial charge is 0.223 e. The highest BCUT2D eigenvalue weighted by atomic mass is 35.5. The number of hydrogen-bond donors (Lipinski definition) is 3. The number of halogens is 1. The molecule has 1 aliphatic rings. The Bertz CT molecular complexity index is 631. The molecule has 2 heterocycles. The molecule has 4 N–H and O–H groups in total. The van der Waals surface area contributed by atoms with Crippen LogP contribution in [0.3, 0.4) is 0 Å². The lowest BCUT2D eigenvalue weighted by atomic mass is 10.1. The topological polar surface area (TPSA) is 110 Å². The van der Waals surface area contributed by atoms with Crippen LogP contribution < -0.4 is 5.73 Å². The number of aliphatic hydroxyl groups is 2. The third kappa shape index (κ3) is 1.94. The van der Waals surface area contributed by atoms with Gasteiger partial charge >= 0.3 is 0 Å². The second-order valence-electron chi connectivity index (χ2n) is 5.02. The second kappa shape index (κ2) is 4.29. The average molecular weight is 284 g/mol. The van der Waals surface area contributed by atoms with E-state index in [0.29, 0.717) is 17.7 Å². The standard InChI is InChI=1S/C11H14ClN5O2/c12-8-7-9(16-10(13)15-8)14-5-17(7)3-11(4-19)1-6(11)2-18/h5-6,18-19H,1-4H2,(H2,13,15,16). The van der Waals surface area contributed by atoms with Crippen molar-refractivity contribution in [1.82, 2.24) is 19.5 Å². The Hall–Kier alpha value is -1.44. The van der Waals surface area contributed by atoms with Crippen molar-refractivity contribution in [3.63, 3.8) is 0 Å². The fourth-order valence-electron chi connectivity index (χ4n) is 2.54. The van der Waals surface area contributed by atoms with E-state index in [1.165, 1.54) is 0 Å². The van der Waals surface area contributed by atoms with Crippen molar-refractivity contribution in [3.8, 4) is 0 Å². The number of nitrogens with two attached hydrogens (primary N) is 1. The number of fused-ring (bicyclic) bond motifs is 1. The first kappa shape index (κ1) is 12.6. The molecule has 0 spiro atoms. The number of nitrogens with zero attached hydrogens (tertiary/aromatic N) is 4. The molecule has 1 saturated carbocycles. The van der Waals surface area contributed by atoms with Crippen molar-refractivity contribution in [1.29, 1.82) is 0 Å². The zero-order valence-corrected chi connectivity index (χ0v) is 10.9. The molecule has 3 rings (SSSR count). The zero-order valence-electron chi connectivity index (χ0n) is 10.1. The van der Waals surface area contributed by atoms with E-state index >= 15 is 0 Å². The molecule has 2 aromatic heterocycles. The molecular formula is C11H14ClN5O2. The molecule has 0 aromatic carbocycles. The summed E-state index contributed by atoms with van der Waals surface area (Å²) in [5.41, 5.74) is 6.26. The number of nitrogen functional groups attached to an aromatic ring is 1. The van der Waals surface area contributed by atoms with Crippen molar-refractivity contribution >= 4 is 28.7 Å². The second-order valence-corrected chi connectivity index (χ2v) is 5.38.